The number of benzene rings is 2. The maximum atomic E-state index is 14.1. The highest BCUT2D eigenvalue weighted by molar-refractivity contribution is 6.01. The number of aliphatic hydroxyl groups is 1. The van der Waals surface area contributed by atoms with Crippen LogP contribution >= 0.6 is 0 Å². The van der Waals surface area contributed by atoms with Crippen LogP contribution in [0, 0.1) is 11.6 Å². The number of aliphatic hydroxyl groups excluding tert-OH is 1. The second kappa shape index (κ2) is 16.7. The molecule has 4 aromatic rings. The molecule has 3 N–H and O–H groups in total. The summed E-state index contributed by atoms with van der Waals surface area (Å²) in [6.45, 7) is 7.57. The Balaban J connectivity index is 1.60. The molecular formula is C35H41F2N5O4. The third-order valence-electron chi connectivity index (χ3n) is 7.50. The first-order valence-corrected chi connectivity index (χ1v) is 15.6. The minimum absolute atomic E-state index is 0.0567. The Labute approximate surface area is 268 Å². The number of amides is 2. The summed E-state index contributed by atoms with van der Waals surface area (Å²) in [7, 11) is 0. The predicted molar refractivity (Wildman–Crippen MR) is 171 cm³/mol. The van der Waals surface area contributed by atoms with E-state index in [9.17, 15) is 23.5 Å². The summed E-state index contributed by atoms with van der Waals surface area (Å²) in [6, 6.07) is 10.7. The van der Waals surface area contributed by atoms with Crippen molar-refractivity contribution in [1.29, 1.82) is 0 Å². The second-order valence-corrected chi connectivity index (χ2v) is 11.2. The number of halogens is 2. The fourth-order valence-electron chi connectivity index (χ4n) is 5.26. The highest BCUT2D eigenvalue weighted by atomic mass is 19.1. The number of aromatic nitrogens is 2. The molecule has 9 nitrogen and oxygen atoms in total. The molecule has 0 saturated carbocycles. The normalized spacial score (nSPS) is 12.5. The molecule has 0 bridgehead atoms. The molecule has 0 aliphatic rings. The number of aryl methyl sites for hydroxylation is 1. The van der Waals surface area contributed by atoms with Crippen molar-refractivity contribution < 1.29 is 27.9 Å². The SMILES string of the molecule is CCCN(CCC)C(=O)c1cc(C(=O)N[C@@H](Cc2cc(F)cc(F)c2)[C@H](O)CNCc2cc(CC)ccn2)cc(-c2ncco2)c1. The zero-order chi connectivity index (χ0) is 33.1. The van der Waals surface area contributed by atoms with Gasteiger partial charge in [0, 0.05) is 55.1 Å². The summed E-state index contributed by atoms with van der Waals surface area (Å²) in [5.41, 5.74) is 3.04. The molecule has 0 radical (unpaired) electrons. The van der Waals surface area contributed by atoms with Crippen LogP contribution in [0.4, 0.5) is 8.78 Å². The van der Waals surface area contributed by atoms with Gasteiger partial charge >= 0.3 is 0 Å². The summed E-state index contributed by atoms with van der Waals surface area (Å²) in [6.07, 6.45) is 5.79. The Hall–Kier alpha value is -4.48. The van der Waals surface area contributed by atoms with Crippen LogP contribution in [0.25, 0.3) is 11.5 Å². The van der Waals surface area contributed by atoms with Gasteiger partial charge in [-0.2, -0.15) is 0 Å². The molecule has 2 aromatic carbocycles. The van der Waals surface area contributed by atoms with E-state index >= 15 is 0 Å². The fraction of sp³-hybridized carbons (Fsp3) is 0.371. The first kappa shape index (κ1) is 34.4. The zero-order valence-corrected chi connectivity index (χ0v) is 26.4. The van der Waals surface area contributed by atoms with Crippen LogP contribution in [-0.2, 0) is 19.4 Å². The number of hydrogen-bond donors (Lipinski definition) is 3. The van der Waals surface area contributed by atoms with E-state index < -0.39 is 29.7 Å². The predicted octanol–water partition coefficient (Wildman–Crippen LogP) is 5.33. The van der Waals surface area contributed by atoms with Gasteiger partial charge in [0.05, 0.1) is 24.0 Å². The lowest BCUT2D eigenvalue weighted by Crippen LogP contribution is -2.48. The minimum atomic E-state index is -1.15. The van der Waals surface area contributed by atoms with Crippen LogP contribution in [0.15, 0.2) is 71.6 Å². The van der Waals surface area contributed by atoms with Crippen LogP contribution in [0.5, 0.6) is 0 Å². The molecule has 0 fully saturated rings. The summed E-state index contributed by atoms with van der Waals surface area (Å²) in [5.74, 6) is -2.11. The third-order valence-corrected chi connectivity index (χ3v) is 7.50. The van der Waals surface area contributed by atoms with Gasteiger partial charge in [-0.1, -0.05) is 20.8 Å². The number of carbonyl (C=O) groups excluding carboxylic acids is 2. The van der Waals surface area contributed by atoms with Crippen molar-refractivity contribution in [3.8, 4) is 11.5 Å². The number of rotatable bonds is 16. The number of nitrogens with zero attached hydrogens (tertiary/aromatic N) is 3. The quantitative estimate of drug-likeness (QED) is 0.153. The molecule has 0 unspecified atom stereocenters. The summed E-state index contributed by atoms with van der Waals surface area (Å²) in [4.78, 5) is 37.6. The van der Waals surface area contributed by atoms with Crippen LogP contribution in [0.1, 0.15) is 71.1 Å². The number of pyridine rings is 1. The molecule has 0 spiro atoms. The Bertz CT molecular complexity index is 1570. The molecule has 2 amide bonds. The molecule has 4 rings (SSSR count). The Kier molecular flexibility index (Phi) is 12.5. The first-order valence-electron chi connectivity index (χ1n) is 15.6. The fourth-order valence-corrected chi connectivity index (χ4v) is 5.26. The highest BCUT2D eigenvalue weighted by Crippen LogP contribution is 2.23. The van der Waals surface area contributed by atoms with E-state index in [1.807, 2.05) is 32.9 Å². The summed E-state index contributed by atoms with van der Waals surface area (Å²) >= 11 is 0. The summed E-state index contributed by atoms with van der Waals surface area (Å²) < 4.78 is 33.6. The van der Waals surface area contributed by atoms with Crippen molar-refractivity contribution in [2.45, 2.75) is 65.1 Å². The maximum Gasteiger partial charge on any atom is 0.253 e. The standard InChI is InChI=1S/C35H41F2N5O4/c1-4-10-42(11-5-2)35(45)27-18-25(17-26(19-27)34-40-9-12-46-34)33(44)41-31(16-24-13-28(36)20-29(37)14-24)32(43)22-38-21-30-15-23(6-3)7-8-39-30/h7-9,12-15,17-20,31-32,38,43H,4-6,10-11,16,21-22H2,1-3H3,(H,41,44)/t31-,32+/m0/s1. The molecular weight excluding hydrogens is 592 g/mol. The molecule has 11 heteroatoms. The van der Waals surface area contributed by atoms with Crippen molar-refractivity contribution in [1.82, 2.24) is 25.5 Å². The lowest BCUT2D eigenvalue weighted by atomic mass is 9.99. The Morgan fingerprint density at radius 1 is 0.913 bits per heavy atom. The van der Waals surface area contributed by atoms with Gasteiger partial charge in [-0.3, -0.25) is 14.6 Å². The van der Waals surface area contributed by atoms with Gasteiger partial charge < -0.3 is 25.1 Å². The molecule has 46 heavy (non-hydrogen) atoms. The van der Waals surface area contributed by atoms with Gasteiger partial charge in [0.15, 0.2) is 0 Å². The van der Waals surface area contributed by atoms with Crippen molar-refractivity contribution in [3.05, 3.63) is 107 Å². The first-order chi connectivity index (χ1) is 22.2. The number of oxazole rings is 1. The van der Waals surface area contributed by atoms with Crippen molar-refractivity contribution in [2.75, 3.05) is 19.6 Å². The average molecular weight is 634 g/mol. The molecule has 0 aliphatic carbocycles. The lowest BCUT2D eigenvalue weighted by Gasteiger charge is -2.25. The lowest BCUT2D eigenvalue weighted by molar-refractivity contribution is 0.0755. The van der Waals surface area contributed by atoms with Crippen molar-refractivity contribution in [3.63, 3.8) is 0 Å². The zero-order valence-electron chi connectivity index (χ0n) is 26.4. The second-order valence-electron chi connectivity index (χ2n) is 11.2. The number of carbonyl (C=O) groups is 2. The topological polar surface area (TPSA) is 121 Å². The monoisotopic (exact) mass is 633 g/mol. The molecule has 0 saturated heterocycles. The number of hydrogen-bond acceptors (Lipinski definition) is 7. The minimum Gasteiger partial charge on any atom is -0.445 e. The van der Waals surface area contributed by atoms with E-state index in [0.717, 1.165) is 36.6 Å². The van der Waals surface area contributed by atoms with Gasteiger partial charge in [0.2, 0.25) is 5.89 Å². The van der Waals surface area contributed by atoms with Crippen molar-refractivity contribution >= 4 is 11.8 Å². The molecule has 2 atom stereocenters. The van der Waals surface area contributed by atoms with Gasteiger partial charge in [-0.05, 0) is 79.3 Å². The van der Waals surface area contributed by atoms with Crippen LogP contribution in [0.2, 0.25) is 0 Å². The van der Waals surface area contributed by atoms with Gasteiger partial charge in [-0.15, -0.1) is 0 Å². The molecule has 2 heterocycles. The largest absolute Gasteiger partial charge is 0.445 e. The Morgan fingerprint density at radius 3 is 2.28 bits per heavy atom. The van der Waals surface area contributed by atoms with Gasteiger partial charge in [0.1, 0.15) is 17.9 Å². The van der Waals surface area contributed by atoms with Crippen molar-refractivity contribution in [2.24, 2.45) is 0 Å². The van der Waals surface area contributed by atoms with E-state index in [1.54, 1.807) is 23.2 Å². The molecule has 244 valence electrons. The Morgan fingerprint density at radius 2 is 1.63 bits per heavy atom. The maximum absolute atomic E-state index is 14.1. The van der Waals surface area contributed by atoms with E-state index in [-0.39, 0.29) is 41.5 Å². The third kappa shape index (κ3) is 9.51. The van der Waals surface area contributed by atoms with E-state index in [4.69, 9.17) is 4.42 Å². The van der Waals surface area contributed by atoms with Crippen LogP contribution in [-0.4, -0.2) is 63.6 Å². The summed E-state index contributed by atoms with van der Waals surface area (Å²) in [5, 5.41) is 17.3. The van der Waals surface area contributed by atoms with E-state index in [2.05, 4.69) is 20.6 Å². The average Bonchev–Trinajstić information content (AvgIpc) is 3.59. The van der Waals surface area contributed by atoms with E-state index in [0.29, 0.717) is 25.2 Å². The smallest absolute Gasteiger partial charge is 0.253 e. The van der Waals surface area contributed by atoms with Gasteiger partial charge in [-0.25, -0.2) is 13.8 Å². The molecule has 2 aromatic heterocycles. The van der Waals surface area contributed by atoms with E-state index in [1.165, 1.54) is 30.7 Å². The number of nitrogens with one attached hydrogen (secondary N) is 2. The molecule has 0 aliphatic heterocycles. The van der Waals surface area contributed by atoms with Crippen LogP contribution in [0.3, 0.4) is 0 Å². The van der Waals surface area contributed by atoms with Gasteiger partial charge in [0.25, 0.3) is 11.8 Å². The van der Waals surface area contributed by atoms with Crippen LogP contribution < -0.4 is 10.6 Å². The highest BCUT2D eigenvalue weighted by Gasteiger charge is 2.25.